The quantitative estimate of drug-likeness (QED) is 0.848. The summed E-state index contributed by atoms with van der Waals surface area (Å²) < 4.78 is 11.4. The van der Waals surface area contributed by atoms with Crippen LogP contribution in [0.1, 0.15) is 22.1 Å². The van der Waals surface area contributed by atoms with E-state index in [9.17, 15) is 5.11 Å². The standard InChI is InChI=1S/C14H14BrClO3S/c1-7-4-12(20-14(7)15)13(17)8-5-10(18-2)11(19-3)6-9(8)16/h4-6,13,17H,1-3H3. The van der Waals surface area contributed by atoms with E-state index < -0.39 is 6.10 Å². The number of thiophene rings is 1. The van der Waals surface area contributed by atoms with Crippen molar-refractivity contribution in [2.24, 2.45) is 0 Å². The van der Waals surface area contributed by atoms with Gasteiger partial charge in [-0.1, -0.05) is 11.6 Å². The van der Waals surface area contributed by atoms with Crippen molar-refractivity contribution in [3.63, 3.8) is 0 Å². The summed E-state index contributed by atoms with van der Waals surface area (Å²) in [5, 5.41) is 10.9. The zero-order valence-electron chi connectivity index (χ0n) is 11.2. The molecule has 0 saturated heterocycles. The molecule has 0 radical (unpaired) electrons. The van der Waals surface area contributed by atoms with Crippen LogP contribution in [0.5, 0.6) is 11.5 Å². The molecule has 6 heteroatoms. The fourth-order valence-corrected chi connectivity index (χ4v) is 3.68. The highest BCUT2D eigenvalue weighted by atomic mass is 79.9. The van der Waals surface area contributed by atoms with E-state index in [1.807, 2.05) is 13.0 Å². The first-order valence-electron chi connectivity index (χ1n) is 5.83. The summed E-state index contributed by atoms with van der Waals surface area (Å²) in [6, 6.07) is 5.29. The number of benzene rings is 1. The van der Waals surface area contributed by atoms with Gasteiger partial charge in [0.15, 0.2) is 11.5 Å². The molecule has 0 amide bonds. The van der Waals surface area contributed by atoms with Crippen LogP contribution in [0, 0.1) is 6.92 Å². The molecule has 1 unspecified atom stereocenters. The largest absolute Gasteiger partial charge is 0.493 e. The second kappa shape index (κ2) is 6.35. The molecule has 3 nitrogen and oxygen atoms in total. The lowest BCUT2D eigenvalue weighted by Crippen LogP contribution is -2.00. The molecule has 0 aliphatic heterocycles. The van der Waals surface area contributed by atoms with Crippen LogP contribution in [-0.2, 0) is 0 Å². The van der Waals surface area contributed by atoms with Crippen LogP contribution in [0.15, 0.2) is 22.0 Å². The minimum absolute atomic E-state index is 0.442. The highest BCUT2D eigenvalue weighted by Gasteiger charge is 2.20. The van der Waals surface area contributed by atoms with Gasteiger partial charge in [0.25, 0.3) is 0 Å². The second-order valence-electron chi connectivity index (χ2n) is 4.24. The molecule has 2 rings (SSSR count). The summed E-state index contributed by atoms with van der Waals surface area (Å²) in [4.78, 5) is 0.823. The third kappa shape index (κ3) is 2.96. The predicted molar refractivity (Wildman–Crippen MR) is 85.4 cm³/mol. The molecule has 108 valence electrons. The fraction of sp³-hybridized carbons (Fsp3) is 0.286. The number of ether oxygens (including phenoxy) is 2. The zero-order valence-corrected chi connectivity index (χ0v) is 14.4. The molecule has 2 aromatic rings. The van der Waals surface area contributed by atoms with Crippen LogP contribution in [0.2, 0.25) is 5.02 Å². The summed E-state index contributed by atoms with van der Waals surface area (Å²) in [7, 11) is 3.10. The van der Waals surface area contributed by atoms with E-state index in [1.54, 1.807) is 26.4 Å². The maximum absolute atomic E-state index is 10.5. The van der Waals surface area contributed by atoms with Gasteiger partial charge in [0.1, 0.15) is 6.10 Å². The maximum Gasteiger partial charge on any atom is 0.162 e. The second-order valence-corrected chi connectivity index (χ2v) is 7.05. The molecule has 1 N–H and O–H groups in total. The van der Waals surface area contributed by atoms with E-state index in [-0.39, 0.29) is 0 Å². The Morgan fingerprint density at radius 2 is 1.80 bits per heavy atom. The van der Waals surface area contributed by atoms with Crippen LogP contribution in [0.25, 0.3) is 0 Å². The number of aliphatic hydroxyl groups excluding tert-OH is 1. The monoisotopic (exact) mass is 376 g/mol. The lowest BCUT2D eigenvalue weighted by Gasteiger charge is -2.15. The first kappa shape index (κ1) is 15.6. The summed E-state index contributed by atoms with van der Waals surface area (Å²) >= 11 is 11.2. The molecule has 20 heavy (non-hydrogen) atoms. The molecule has 1 aromatic carbocycles. The van der Waals surface area contributed by atoms with Crippen molar-refractivity contribution in [1.29, 1.82) is 0 Å². The molecular weight excluding hydrogens is 364 g/mol. The molecule has 0 spiro atoms. The Kier molecular flexibility index (Phi) is 4.96. The average Bonchev–Trinajstić information content (AvgIpc) is 2.77. The number of halogens is 2. The normalized spacial score (nSPS) is 12.3. The van der Waals surface area contributed by atoms with E-state index in [0.29, 0.717) is 22.1 Å². The Balaban J connectivity index is 2.46. The van der Waals surface area contributed by atoms with Gasteiger partial charge in [-0.2, -0.15) is 0 Å². The van der Waals surface area contributed by atoms with Crippen molar-refractivity contribution in [2.45, 2.75) is 13.0 Å². The molecule has 0 bridgehead atoms. The van der Waals surface area contributed by atoms with Crippen LogP contribution in [0.3, 0.4) is 0 Å². The smallest absolute Gasteiger partial charge is 0.162 e. The van der Waals surface area contributed by atoms with Gasteiger partial charge in [-0.25, -0.2) is 0 Å². The molecule has 1 atom stereocenters. The number of aliphatic hydroxyl groups is 1. The zero-order chi connectivity index (χ0) is 14.9. The van der Waals surface area contributed by atoms with Gasteiger partial charge in [0.05, 0.1) is 23.0 Å². The molecule has 1 heterocycles. The topological polar surface area (TPSA) is 38.7 Å². The van der Waals surface area contributed by atoms with E-state index in [2.05, 4.69) is 15.9 Å². The predicted octanol–water partition coefficient (Wildman–Crippen LogP) is 4.57. The van der Waals surface area contributed by atoms with Gasteiger partial charge < -0.3 is 14.6 Å². The Hall–Kier alpha value is -0.750. The van der Waals surface area contributed by atoms with Crippen molar-refractivity contribution in [3.8, 4) is 11.5 Å². The summed E-state index contributed by atoms with van der Waals surface area (Å²) in [5.41, 5.74) is 1.68. The van der Waals surface area contributed by atoms with E-state index >= 15 is 0 Å². The lowest BCUT2D eigenvalue weighted by molar-refractivity contribution is 0.223. The third-order valence-corrected chi connectivity index (χ3v) is 5.46. The van der Waals surface area contributed by atoms with Gasteiger partial charge in [0.2, 0.25) is 0 Å². The van der Waals surface area contributed by atoms with Gasteiger partial charge in [-0.15, -0.1) is 11.3 Å². The average molecular weight is 378 g/mol. The van der Waals surface area contributed by atoms with Crippen LogP contribution < -0.4 is 9.47 Å². The Morgan fingerprint density at radius 3 is 2.30 bits per heavy atom. The number of rotatable bonds is 4. The van der Waals surface area contributed by atoms with Gasteiger partial charge in [-0.3, -0.25) is 0 Å². The Bertz CT molecular complexity index is 608. The molecule has 0 saturated carbocycles. The SMILES string of the molecule is COc1cc(Cl)c(C(O)c2cc(C)c(Br)s2)cc1OC. The highest BCUT2D eigenvalue weighted by molar-refractivity contribution is 9.11. The summed E-state index contributed by atoms with van der Waals surface area (Å²) in [5.74, 6) is 1.08. The lowest BCUT2D eigenvalue weighted by atomic mass is 10.1. The van der Waals surface area contributed by atoms with Gasteiger partial charge in [0, 0.05) is 16.5 Å². The van der Waals surface area contributed by atoms with Crippen molar-refractivity contribution in [3.05, 3.63) is 43.0 Å². The fourth-order valence-electron chi connectivity index (χ4n) is 1.85. The first-order valence-corrected chi connectivity index (χ1v) is 7.82. The molecule has 0 aliphatic carbocycles. The van der Waals surface area contributed by atoms with Crippen molar-refractivity contribution >= 4 is 38.9 Å². The van der Waals surface area contributed by atoms with Crippen LogP contribution in [0.4, 0.5) is 0 Å². The summed E-state index contributed by atoms with van der Waals surface area (Å²) in [6.45, 7) is 1.98. The molecular formula is C14H14BrClO3S. The van der Waals surface area contributed by atoms with E-state index in [4.69, 9.17) is 21.1 Å². The van der Waals surface area contributed by atoms with Crippen molar-refractivity contribution in [1.82, 2.24) is 0 Å². The Labute approximate surface area is 135 Å². The highest BCUT2D eigenvalue weighted by Crippen LogP contribution is 2.40. The molecule has 0 fully saturated rings. The van der Waals surface area contributed by atoms with Gasteiger partial charge >= 0.3 is 0 Å². The number of aryl methyl sites for hydroxylation is 1. The molecule has 0 aliphatic rings. The van der Waals surface area contributed by atoms with Crippen molar-refractivity contribution in [2.75, 3.05) is 14.2 Å². The van der Waals surface area contributed by atoms with Gasteiger partial charge in [-0.05, 0) is 40.5 Å². The van der Waals surface area contributed by atoms with E-state index in [0.717, 1.165) is 14.2 Å². The maximum atomic E-state index is 10.5. The Morgan fingerprint density at radius 1 is 1.20 bits per heavy atom. The third-order valence-electron chi connectivity index (χ3n) is 2.94. The first-order chi connectivity index (χ1) is 9.47. The summed E-state index contributed by atoms with van der Waals surface area (Å²) in [6.07, 6.45) is -0.794. The number of hydrogen-bond donors (Lipinski definition) is 1. The van der Waals surface area contributed by atoms with Crippen molar-refractivity contribution < 1.29 is 14.6 Å². The minimum Gasteiger partial charge on any atom is -0.493 e. The number of methoxy groups -OCH3 is 2. The van der Waals surface area contributed by atoms with Crippen LogP contribution >= 0.6 is 38.9 Å². The molecule has 1 aromatic heterocycles. The van der Waals surface area contributed by atoms with E-state index in [1.165, 1.54) is 11.3 Å². The number of hydrogen-bond acceptors (Lipinski definition) is 4. The minimum atomic E-state index is -0.794. The van der Waals surface area contributed by atoms with Crippen LogP contribution in [-0.4, -0.2) is 19.3 Å².